The molecule has 0 aromatic heterocycles. The van der Waals surface area contributed by atoms with Crippen LogP contribution in [0.2, 0.25) is 0 Å². The van der Waals surface area contributed by atoms with Gasteiger partial charge in [-0.1, -0.05) is 20.7 Å². The van der Waals surface area contributed by atoms with Gasteiger partial charge in [-0.25, -0.2) is 21.2 Å². The van der Waals surface area contributed by atoms with E-state index in [4.69, 9.17) is 0 Å². The van der Waals surface area contributed by atoms with Crippen molar-refractivity contribution in [3.63, 3.8) is 0 Å². The quantitative estimate of drug-likeness (QED) is 0.473. The molecular weight excluding hydrogens is 496 g/mol. The third-order valence-corrected chi connectivity index (χ3v) is 11.7. The Morgan fingerprint density at radius 1 is 0.783 bits per heavy atom. The van der Waals surface area contributed by atoms with Crippen LogP contribution < -0.4 is 0 Å². The molecule has 1 aromatic carbocycles. The molecule has 0 heterocycles. The zero-order valence-corrected chi connectivity index (χ0v) is 14.1. The molecule has 0 N–H and O–H groups in total. The summed E-state index contributed by atoms with van der Waals surface area (Å²) in [6, 6.07) is 2.71. The number of benzene rings is 1. The van der Waals surface area contributed by atoms with Gasteiger partial charge in [0.15, 0.2) is 0 Å². The maximum Gasteiger partial charge on any atom is 0.503 e. The van der Waals surface area contributed by atoms with E-state index in [0.29, 0.717) is 24.3 Å². The molecule has 0 radical (unpaired) electrons. The molecule has 0 bridgehead atoms. The van der Waals surface area contributed by atoms with Crippen LogP contribution in [0.5, 0.6) is 0 Å². The highest BCUT2D eigenvalue weighted by Crippen LogP contribution is 2.36. The summed E-state index contributed by atoms with van der Waals surface area (Å²) >= 11 is -2.93. The molecule has 0 amide bonds. The van der Waals surface area contributed by atoms with Crippen molar-refractivity contribution < 1.29 is 47.6 Å². The average Bonchev–Trinajstić information content (AvgIpc) is 2.34. The maximum absolute atomic E-state index is 12.7. The highest BCUT2D eigenvalue weighted by Gasteiger charge is 2.60. The van der Waals surface area contributed by atoms with E-state index in [0.717, 1.165) is 0 Å². The van der Waals surface area contributed by atoms with Crippen molar-refractivity contribution in [2.24, 2.45) is 0 Å². The van der Waals surface area contributed by atoms with Gasteiger partial charge < -0.3 is 0 Å². The maximum atomic E-state index is 12.7. The third-order valence-electron chi connectivity index (χ3n) is 2.02. The van der Waals surface area contributed by atoms with Crippen molar-refractivity contribution in [1.29, 1.82) is 0 Å². The SMILES string of the molecule is O=S(=O)(C(=Ic1ccc(F)cc1)S(=O)(=O)C(F)(F)F)C(F)(F)F. The van der Waals surface area contributed by atoms with Crippen LogP contribution in [-0.2, 0) is 19.7 Å². The Balaban J connectivity index is 3.75. The molecule has 14 heteroatoms. The third kappa shape index (κ3) is 4.20. The molecule has 0 aliphatic carbocycles. The highest BCUT2D eigenvalue weighted by molar-refractivity contribution is 14.2. The molecule has 0 aliphatic rings. The van der Waals surface area contributed by atoms with Crippen LogP contribution in [-0.4, -0.2) is 30.0 Å². The molecule has 0 aliphatic heterocycles. The van der Waals surface area contributed by atoms with Crippen LogP contribution in [0.4, 0.5) is 30.7 Å². The van der Waals surface area contributed by atoms with Crippen LogP contribution in [0.15, 0.2) is 24.3 Å². The second kappa shape index (κ2) is 6.27. The predicted molar refractivity (Wildman–Crippen MR) is 74.1 cm³/mol. The summed E-state index contributed by atoms with van der Waals surface area (Å²) in [6.45, 7) is 0. The van der Waals surface area contributed by atoms with Crippen LogP contribution in [0.25, 0.3) is 0 Å². The van der Waals surface area contributed by atoms with Crippen LogP contribution in [0.3, 0.4) is 0 Å². The smallest absolute Gasteiger partial charge is 0.213 e. The normalized spacial score (nSPS) is 13.9. The largest absolute Gasteiger partial charge is 0.503 e. The molecule has 0 saturated heterocycles. The van der Waals surface area contributed by atoms with E-state index < -0.39 is 63.0 Å². The fourth-order valence-corrected chi connectivity index (χ4v) is 8.96. The summed E-state index contributed by atoms with van der Waals surface area (Å²) < 4.78 is 129. The molecule has 23 heavy (non-hydrogen) atoms. The monoisotopic (exact) mass is 500 g/mol. The Morgan fingerprint density at radius 3 is 1.43 bits per heavy atom. The lowest BCUT2D eigenvalue weighted by Gasteiger charge is -2.13. The highest BCUT2D eigenvalue weighted by atomic mass is 127. The van der Waals surface area contributed by atoms with Gasteiger partial charge in [0.2, 0.25) is 2.17 Å². The van der Waals surface area contributed by atoms with Crippen molar-refractivity contribution >= 4 is 42.6 Å². The lowest BCUT2D eigenvalue weighted by molar-refractivity contribution is -0.0426. The standard InChI is InChI=1S/C9H4F7IO4S2/c10-5-1-3-6(4-2-5)17-7(22(18,19)8(11,12)13)23(20,21)9(14,15)16/h1-4H. The Hall–Kier alpha value is -0.770. The zero-order chi connectivity index (χ0) is 18.3. The first-order chi connectivity index (χ1) is 10.1. The Kier molecular flexibility index (Phi) is 5.53. The lowest BCUT2D eigenvalue weighted by Crippen LogP contribution is -2.40. The first kappa shape index (κ1) is 20.3. The number of sulfone groups is 2. The Bertz CT molecular complexity index is 774. The number of hydrogen-bond acceptors (Lipinski definition) is 4. The fraction of sp³-hybridized carbons (Fsp3) is 0.222. The van der Waals surface area contributed by atoms with E-state index in [2.05, 4.69) is 0 Å². The van der Waals surface area contributed by atoms with Gasteiger partial charge in [0.05, 0.1) is 0 Å². The lowest BCUT2D eigenvalue weighted by atomic mass is 10.4. The van der Waals surface area contributed by atoms with Gasteiger partial charge in [-0.3, -0.25) is 0 Å². The molecule has 4 nitrogen and oxygen atoms in total. The van der Waals surface area contributed by atoms with Gasteiger partial charge in [0.1, 0.15) is 5.82 Å². The van der Waals surface area contributed by atoms with Crippen molar-refractivity contribution in [1.82, 2.24) is 0 Å². The summed E-state index contributed by atoms with van der Waals surface area (Å²) in [6.07, 6.45) is 0. The van der Waals surface area contributed by atoms with Crippen LogP contribution >= 0.6 is 20.7 Å². The molecule has 0 spiro atoms. The molecule has 0 unspecified atom stereocenters. The van der Waals surface area contributed by atoms with Gasteiger partial charge in [-0.2, -0.15) is 26.3 Å². The summed E-state index contributed by atoms with van der Waals surface area (Å²) in [5.41, 5.74) is -12.4. The molecule has 0 fully saturated rings. The number of hydrogen-bond donors (Lipinski definition) is 0. The van der Waals surface area contributed by atoms with Crippen molar-refractivity contribution in [2.45, 2.75) is 11.0 Å². The zero-order valence-electron chi connectivity index (χ0n) is 10.3. The Morgan fingerprint density at radius 2 is 1.13 bits per heavy atom. The molecular formula is C9H4F7IO4S2. The second-order valence-corrected chi connectivity index (χ2v) is 12.0. The summed E-state index contributed by atoms with van der Waals surface area (Å²) in [7, 11) is -13.4. The van der Waals surface area contributed by atoms with E-state index in [1.165, 1.54) is 0 Å². The van der Waals surface area contributed by atoms with Crippen molar-refractivity contribution in [3.8, 4) is 0 Å². The molecule has 0 saturated carbocycles. The number of alkyl halides is 6. The number of halogens is 8. The van der Waals surface area contributed by atoms with E-state index in [1.54, 1.807) is 0 Å². The van der Waals surface area contributed by atoms with Gasteiger partial charge in [0, 0.05) is 3.57 Å². The second-order valence-electron chi connectivity index (χ2n) is 3.67. The minimum atomic E-state index is -6.72. The molecule has 0 atom stereocenters. The summed E-state index contributed by atoms with van der Waals surface area (Å²) in [5, 5.41) is 0. The van der Waals surface area contributed by atoms with E-state index >= 15 is 0 Å². The van der Waals surface area contributed by atoms with E-state index in [9.17, 15) is 47.6 Å². The summed E-state index contributed by atoms with van der Waals surface area (Å²) in [5.74, 6) is -0.892. The van der Waals surface area contributed by atoms with Crippen LogP contribution in [0.1, 0.15) is 0 Å². The first-order valence-corrected chi connectivity index (χ1v) is 10.1. The molecule has 1 aromatic rings. The predicted octanol–water partition coefficient (Wildman–Crippen LogP) is 2.92. The van der Waals surface area contributed by atoms with Gasteiger partial charge in [-0.15, -0.1) is 0 Å². The fourth-order valence-electron chi connectivity index (χ4n) is 1.01. The Labute approximate surface area is 134 Å². The van der Waals surface area contributed by atoms with Gasteiger partial charge >= 0.3 is 11.0 Å². The number of rotatable bonds is 3. The first-order valence-electron chi connectivity index (χ1n) is 5.01. The van der Waals surface area contributed by atoms with Crippen LogP contribution in [0, 0.1) is 9.39 Å². The van der Waals surface area contributed by atoms with Crippen molar-refractivity contribution in [3.05, 3.63) is 33.7 Å². The van der Waals surface area contributed by atoms with Gasteiger partial charge in [-0.05, 0) is 24.3 Å². The molecule has 1 rings (SSSR count). The van der Waals surface area contributed by atoms with Gasteiger partial charge in [0.25, 0.3) is 19.7 Å². The van der Waals surface area contributed by atoms with E-state index in [1.807, 2.05) is 0 Å². The minimum absolute atomic E-state index is 0.458. The summed E-state index contributed by atoms with van der Waals surface area (Å²) in [4.78, 5) is 0. The molecule has 132 valence electrons. The van der Waals surface area contributed by atoms with Crippen molar-refractivity contribution in [2.75, 3.05) is 0 Å². The van der Waals surface area contributed by atoms with E-state index in [-0.39, 0.29) is 0 Å². The minimum Gasteiger partial charge on any atom is -0.213 e. The average molecular weight is 500 g/mol. The topological polar surface area (TPSA) is 68.3 Å².